The smallest absolute Gasteiger partial charge is 0.122 e. The molecule has 0 atom stereocenters. The van der Waals surface area contributed by atoms with E-state index in [-0.39, 0.29) is 11.7 Å². The molecule has 2 aromatic rings. The number of nitrogens with one attached hydrogen (secondary N) is 2. The number of amidine groups is 2. The largest absolute Gasteiger partial charge is 0.494 e. The molecule has 0 radical (unpaired) electrons. The number of likely N-dealkylation sites (tertiary alicyclic amines) is 1. The first kappa shape index (κ1) is 21.6. The quantitative estimate of drug-likeness (QED) is 0.273. The molecule has 0 amide bonds. The summed E-state index contributed by atoms with van der Waals surface area (Å²) in [6.45, 7) is 4.62. The van der Waals surface area contributed by atoms with Gasteiger partial charge in [0.15, 0.2) is 0 Å². The Kier molecular flexibility index (Phi) is 7.68. The molecule has 2 aromatic carbocycles. The van der Waals surface area contributed by atoms with Crippen LogP contribution in [-0.4, -0.2) is 49.4 Å². The molecule has 0 unspecified atom stereocenters. The summed E-state index contributed by atoms with van der Waals surface area (Å²) in [5, 5.41) is 14.8. The minimum atomic E-state index is 0.0706. The molecule has 7 nitrogen and oxygen atoms in total. The molecule has 3 rings (SSSR count). The molecule has 6 N–H and O–H groups in total. The normalized spacial score (nSPS) is 14.9. The minimum Gasteiger partial charge on any atom is -0.494 e. The second-order valence-electron chi connectivity index (χ2n) is 7.67. The predicted molar refractivity (Wildman–Crippen MR) is 120 cm³/mol. The molecule has 0 aromatic heterocycles. The number of hydrogen-bond acceptors (Lipinski definition) is 5. The van der Waals surface area contributed by atoms with Crippen molar-refractivity contribution in [3.8, 4) is 11.5 Å². The van der Waals surface area contributed by atoms with Crippen LogP contribution >= 0.6 is 0 Å². The van der Waals surface area contributed by atoms with E-state index in [1.165, 1.54) is 0 Å². The van der Waals surface area contributed by atoms with Crippen LogP contribution in [0.5, 0.6) is 11.5 Å². The van der Waals surface area contributed by atoms with Crippen molar-refractivity contribution in [1.29, 1.82) is 10.8 Å². The predicted octanol–water partition coefficient (Wildman–Crippen LogP) is 2.81. The highest BCUT2D eigenvalue weighted by Gasteiger charge is 2.19. The number of rotatable bonds is 10. The van der Waals surface area contributed by atoms with Crippen molar-refractivity contribution in [2.75, 3.05) is 32.8 Å². The molecule has 1 heterocycles. The van der Waals surface area contributed by atoms with E-state index in [9.17, 15) is 0 Å². The van der Waals surface area contributed by atoms with Crippen LogP contribution in [0.25, 0.3) is 0 Å². The third-order valence-electron chi connectivity index (χ3n) is 5.41. The van der Waals surface area contributed by atoms with Gasteiger partial charge < -0.3 is 25.8 Å². The lowest BCUT2D eigenvalue weighted by atomic mass is 9.98. The minimum absolute atomic E-state index is 0.0706. The van der Waals surface area contributed by atoms with Gasteiger partial charge in [-0.25, -0.2) is 0 Å². The maximum Gasteiger partial charge on any atom is 0.122 e. The summed E-state index contributed by atoms with van der Waals surface area (Å²) in [6, 6.07) is 14.7. The van der Waals surface area contributed by atoms with Crippen LogP contribution in [0, 0.1) is 16.7 Å². The first-order valence-corrected chi connectivity index (χ1v) is 10.4. The molecule has 1 saturated heterocycles. The highest BCUT2D eigenvalue weighted by atomic mass is 16.5. The number of nitrogens with zero attached hydrogens (tertiary/aromatic N) is 1. The molecule has 1 aliphatic heterocycles. The monoisotopic (exact) mass is 409 g/mol. The van der Waals surface area contributed by atoms with Gasteiger partial charge in [-0.15, -0.1) is 0 Å². The zero-order chi connectivity index (χ0) is 21.3. The van der Waals surface area contributed by atoms with Gasteiger partial charge in [0.25, 0.3) is 0 Å². The summed E-state index contributed by atoms with van der Waals surface area (Å²) in [5.74, 6) is 2.36. The Hall–Kier alpha value is -3.06. The third-order valence-corrected chi connectivity index (χ3v) is 5.41. The highest BCUT2D eigenvalue weighted by molar-refractivity contribution is 5.95. The lowest BCUT2D eigenvalue weighted by molar-refractivity contribution is 0.135. The van der Waals surface area contributed by atoms with Gasteiger partial charge in [0.2, 0.25) is 0 Å². The molecule has 0 saturated carbocycles. The summed E-state index contributed by atoms with van der Waals surface area (Å²) < 4.78 is 11.7. The van der Waals surface area contributed by atoms with Gasteiger partial charge in [0.05, 0.1) is 13.2 Å². The topological polar surface area (TPSA) is 121 Å². The van der Waals surface area contributed by atoms with Crippen LogP contribution in [0.15, 0.2) is 48.5 Å². The van der Waals surface area contributed by atoms with E-state index in [1.807, 2.05) is 48.5 Å². The van der Waals surface area contributed by atoms with Crippen LogP contribution in [0.2, 0.25) is 0 Å². The van der Waals surface area contributed by atoms with Crippen molar-refractivity contribution in [3.63, 3.8) is 0 Å². The fourth-order valence-electron chi connectivity index (χ4n) is 3.53. The molecule has 0 spiro atoms. The Bertz CT molecular complexity index is 828. The van der Waals surface area contributed by atoms with E-state index in [0.717, 1.165) is 57.0 Å². The van der Waals surface area contributed by atoms with Crippen molar-refractivity contribution in [2.24, 2.45) is 17.4 Å². The fourth-order valence-corrected chi connectivity index (χ4v) is 3.53. The molecule has 1 aliphatic rings. The van der Waals surface area contributed by atoms with Gasteiger partial charge in [-0.3, -0.25) is 10.8 Å². The molecule has 160 valence electrons. The van der Waals surface area contributed by atoms with Gasteiger partial charge in [-0.05, 0) is 86.8 Å². The van der Waals surface area contributed by atoms with Crippen molar-refractivity contribution in [2.45, 2.75) is 19.3 Å². The van der Waals surface area contributed by atoms with E-state index in [0.29, 0.717) is 23.7 Å². The van der Waals surface area contributed by atoms with E-state index < -0.39 is 0 Å². The van der Waals surface area contributed by atoms with Crippen molar-refractivity contribution in [1.82, 2.24) is 4.90 Å². The maximum absolute atomic E-state index is 7.43. The summed E-state index contributed by atoms with van der Waals surface area (Å²) >= 11 is 0. The number of nitrogen functional groups attached to an aromatic ring is 2. The SMILES string of the molecule is N=C(N)c1ccc(OCCCN2CCC(COc3ccc(C(=N)N)cc3)CC2)cc1. The Morgan fingerprint density at radius 1 is 0.833 bits per heavy atom. The van der Waals surface area contributed by atoms with Gasteiger partial charge in [0, 0.05) is 17.7 Å². The molecule has 30 heavy (non-hydrogen) atoms. The number of hydrogen-bond donors (Lipinski definition) is 4. The molecule has 0 aliphatic carbocycles. The van der Waals surface area contributed by atoms with E-state index in [2.05, 4.69) is 4.90 Å². The Morgan fingerprint density at radius 2 is 1.33 bits per heavy atom. The van der Waals surface area contributed by atoms with Crippen LogP contribution in [-0.2, 0) is 0 Å². The van der Waals surface area contributed by atoms with Gasteiger partial charge >= 0.3 is 0 Å². The second-order valence-corrected chi connectivity index (χ2v) is 7.67. The molecule has 7 heteroatoms. The number of ether oxygens (including phenoxy) is 2. The van der Waals surface area contributed by atoms with E-state index in [4.69, 9.17) is 31.8 Å². The average molecular weight is 410 g/mol. The zero-order valence-corrected chi connectivity index (χ0v) is 17.3. The second kappa shape index (κ2) is 10.6. The van der Waals surface area contributed by atoms with Crippen molar-refractivity contribution in [3.05, 3.63) is 59.7 Å². The van der Waals surface area contributed by atoms with Gasteiger partial charge in [-0.1, -0.05) is 0 Å². The molecular weight excluding hydrogens is 378 g/mol. The van der Waals surface area contributed by atoms with Crippen LogP contribution in [0.4, 0.5) is 0 Å². The highest BCUT2D eigenvalue weighted by Crippen LogP contribution is 2.20. The molecule has 1 fully saturated rings. The number of nitrogens with two attached hydrogens (primary N) is 2. The molecule has 0 bridgehead atoms. The number of piperidine rings is 1. The zero-order valence-electron chi connectivity index (χ0n) is 17.3. The Morgan fingerprint density at radius 3 is 1.83 bits per heavy atom. The number of benzene rings is 2. The van der Waals surface area contributed by atoms with Crippen LogP contribution in [0.1, 0.15) is 30.4 Å². The lowest BCUT2D eigenvalue weighted by Crippen LogP contribution is -2.36. The fraction of sp³-hybridized carbons (Fsp3) is 0.391. The van der Waals surface area contributed by atoms with Crippen molar-refractivity contribution >= 4 is 11.7 Å². The average Bonchev–Trinajstić information content (AvgIpc) is 2.76. The van der Waals surface area contributed by atoms with Crippen LogP contribution < -0.4 is 20.9 Å². The first-order chi connectivity index (χ1) is 14.5. The van der Waals surface area contributed by atoms with Crippen LogP contribution in [0.3, 0.4) is 0 Å². The summed E-state index contributed by atoms with van der Waals surface area (Å²) in [7, 11) is 0. The summed E-state index contributed by atoms with van der Waals surface area (Å²) in [5.41, 5.74) is 12.4. The van der Waals surface area contributed by atoms with E-state index >= 15 is 0 Å². The Labute approximate surface area is 178 Å². The van der Waals surface area contributed by atoms with Gasteiger partial charge in [-0.2, -0.15) is 0 Å². The third kappa shape index (κ3) is 6.49. The lowest BCUT2D eigenvalue weighted by Gasteiger charge is -2.31. The standard InChI is InChI=1S/C23H31N5O2/c24-22(25)18-2-6-20(7-3-18)29-15-1-12-28-13-10-17(11-14-28)16-30-21-8-4-19(5-9-21)23(26)27/h2-9,17H,1,10-16H2,(H3,24,25)(H3,26,27). The summed E-state index contributed by atoms with van der Waals surface area (Å²) in [4.78, 5) is 2.49. The Balaban J connectivity index is 1.29. The molecular formula is C23H31N5O2. The van der Waals surface area contributed by atoms with Crippen molar-refractivity contribution < 1.29 is 9.47 Å². The van der Waals surface area contributed by atoms with E-state index in [1.54, 1.807) is 0 Å². The summed E-state index contributed by atoms with van der Waals surface area (Å²) in [6.07, 6.45) is 3.26. The maximum atomic E-state index is 7.43. The van der Waals surface area contributed by atoms with Gasteiger partial charge in [0.1, 0.15) is 23.2 Å². The first-order valence-electron chi connectivity index (χ1n) is 10.4.